The van der Waals surface area contributed by atoms with E-state index < -0.39 is 30.0 Å². The van der Waals surface area contributed by atoms with Crippen LogP contribution in [0.3, 0.4) is 0 Å². The summed E-state index contributed by atoms with van der Waals surface area (Å²) in [5.74, 6) is -2.46. The number of esters is 3. The molecule has 1 aromatic heterocycles. The SMILES string of the molecule is CCOC(=O)C1=C(Cn2nnc(C(=O)OC)c2C(=O)OC)NC(=O)NC1c1ccccc1. The van der Waals surface area contributed by atoms with E-state index in [2.05, 4.69) is 25.7 Å². The Labute approximate surface area is 182 Å². The molecule has 0 aliphatic carbocycles. The zero-order valence-corrected chi connectivity index (χ0v) is 17.6. The monoisotopic (exact) mass is 443 g/mol. The second-order valence-corrected chi connectivity index (χ2v) is 6.48. The summed E-state index contributed by atoms with van der Waals surface area (Å²) in [7, 11) is 2.25. The predicted molar refractivity (Wildman–Crippen MR) is 107 cm³/mol. The van der Waals surface area contributed by atoms with Crippen molar-refractivity contribution in [2.24, 2.45) is 0 Å². The van der Waals surface area contributed by atoms with Gasteiger partial charge in [0.2, 0.25) is 5.69 Å². The molecule has 1 aliphatic rings. The molecule has 0 saturated heterocycles. The topological polar surface area (TPSA) is 151 Å². The number of benzene rings is 1. The predicted octanol–water partition coefficient (Wildman–Crippen LogP) is 0.723. The van der Waals surface area contributed by atoms with E-state index in [0.717, 1.165) is 18.9 Å². The van der Waals surface area contributed by atoms with Crippen molar-refractivity contribution < 1.29 is 33.4 Å². The van der Waals surface area contributed by atoms with Crippen molar-refractivity contribution in [2.45, 2.75) is 19.5 Å². The van der Waals surface area contributed by atoms with E-state index in [4.69, 9.17) is 9.47 Å². The van der Waals surface area contributed by atoms with E-state index in [1.54, 1.807) is 37.3 Å². The number of ether oxygens (including phenoxy) is 3. The molecule has 1 aromatic carbocycles. The van der Waals surface area contributed by atoms with Crippen LogP contribution in [0.15, 0.2) is 41.6 Å². The first kappa shape index (κ1) is 22.5. The van der Waals surface area contributed by atoms with Crippen LogP contribution >= 0.6 is 0 Å². The molecule has 0 radical (unpaired) electrons. The van der Waals surface area contributed by atoms with Crippen molar-refractivity contribution in [2.75, 3.05) is 20.8 Å². The Morgan fingerprint density at radius 1 is 1.06 bits per heavy atom. The summed E-state index contributed by atoms with van der Waals surface area (Å²) in [6.45, 7) is 1.48. The highest BCUT2D eigenvalue weighted by molar-refractivity contribution is 6.00. The second kappa shape index (κ2) is 9.73. The standard InChI is InChI=1S/C20H21N5O7/c1-4-32-17(26)13-12(21-20(29)22-14(13)11-8-6-5-7-9-11)10-25-16(19(28)31-3)15(23-24-25)18(27)30-2/h5-9,14H,4,10H2,1-3H3,(H2,21,22,29). The first-order chi connectivity index (χ1) is 15.4. The number of hydrogen-bond donors (Lipinski definition) is 2. The number of aromatic nitrogens is 3. The van der Waals surface area contributed by atoms with Crippen molar-refractivity contribution in [3.8, 4) is 0 Å². The Morgan fingerprint density at radius 2 is 1.75 bits per heavy atom. The number of carbonyl (C=O) groups is 4. The molecule has 2 amide bonds. The van der Waals surface area contributed by atoms with Crippen LogP contribution in [0.25, 0.3) is 0 Å². The normalized spacial score (nSPS) is 15.5. The zero-order chi connectivity index (χ0) is 23.3. The lowest BCUT2D eigenvalue weighted by Gasteiger charge is -2.29. The van der Waals surface area contributed by atoms with Gasteiger partial charge in [0.15, 0.2) is 5.69 Å². The molecule has 0 saturated carbocycles. The zero-order valence-electron chi connectivity index (χ0n) is 17.6. The van der Waals surface area contributed by atoms with Gasteiger partial charge in [0.25, 0.3) is 0 Å². The fourth-order valence-electron chi connectivity index (χ4n) is 3.19. The summed E-state index contributed by atoms with van der Waals surface area (Å²) in [5, 5.41) is 12.8. The average Bonchev–Trinajstić information content (AvgIpc) is 3.21. The molecule has 2 heterocycles. The summed E-state index contributed by atoms with van der Waals surface area (Å²) < 4.78 is 15.6. The molecule has 12 heteroatoms. The molecule has 32 heavy (non-hydrogen) atoms. The van der Waals surface area contributed by atoms with Gasteiger partial charge in [0, 0.05) is 0 Å². The Kier molecular flexibility index (Phi) is 6.83. The molecule has 3 rings (SSSR count). The number of amides is 2. The van der Waals surface area contributed by atoms with Crippen molar-refractivity contribution >= 4 is 23.9 Å². The highest BCUT2D eigenvalue weighted by atomic mass is 16.5. The molecule has 1 atom stereocenters. The number of hydrogen-bond acceptors (Lipinski definition) is 9. The van der Waals surface area contributed by atoms with Crippen molar-refractivity contribution in [3.63, 3.8) is 0 Å². The van der Waals surface area contributed by atoms with Crippen LogP contribution in [0.5, 0.6) is 0 Å². The highest BCUT2D eigenvalue weighted by Gasteiger charge is 2.35. The Balaban J connectivity index is 2.13. The van der Waals surface area contributed by atoms with Crippen molar-refractivity contribution in [1.82, 2.24) is 25.6 Å². The molecule has 1 unspecified atom stereocenters. The van der Waals surface area contributed by atoms with Crippen LogP contribution < -0.4 is 10.6 Å². The van der Waals surface area contributed by atoms with E-state index in [-0.39, 0.29) is 35.8 Å². The molecule has 0 fully saturated rings. The Bertz CT molecular complexity index is 1080. The third-order valence-electron chi connectivity index (χ3n) is 4.58. The van der Waals surface area contributed by atoms with Gasteiger partial charge >= 0.3 is 23.9 Å². The number of allylic oxidation sites excluding steroid dienone is 1. The fraction of sp³-hybridized carbons (Fsp3) is 0.300. The van der Waals surface area contributed by atoms with Gasteiger partial charge in [-0.05, 0) is 12.5 Å². The first-order valence-corrected chi connectivity index (χ1v) is 9.53. The van der Waals surface area contributed by atoms with Crippen molar-refractivity contribution in [1.29, 1.82) is 0 Å². The second-order valence-electron chi connectivity index (χ2n) is 6.48. The van der Waals surface area contributed by atoms with Gasteiger partial charge in [0.1, 0.15) is 0 Å². The minimum Gasteiger partial charge on any atom is -0.464 e. The summed E-state index contributed by atoms with van der Waals surface area (Å²) in [4.78, 5) is 49.5. The van der Waals surface area contributed by atoms with Crippen LogP contribution in [-0.2, 0) is 25.5 Å². The van der Waals surface area contributed by atoms with Crippen LogP contribution in [0.4, 0.5) is 4.79 Å². The third kappa shape index (κ3) is 4.43. The number of rotatable bonds is 7. The van der Waals surface area contributed by atoms with Crippen LogP contribution in [-0.4, -0.2) is 59.8 Å². The number of nitrogens with one attached hydrogen (secondary N) is 2. The molecule has 1 aliphatic heterocycles. The van der Waals surface area contributed by atoms with Gasteiger partial charge in [-0.2, -0.15) is 0 Å². The Hall–Kier alpha value is -4.22. The van der Waals surface area contributed by atoms with Crippen LogP contribution in [0.1, 0.15) is 39.5 Å². The summed E-state index contributed by atoms with van der Waals surface area (Å²) in [6.07, 6.45) is 0. The van der Waals surface area contributed by atoms with Crippen molar-refractivity contribution in [3.05, 3.63) is 58.6 Å². The molecular formula is C20H21N5O7. The lowest BCUT2D eigenvalue weighted by atomic mass is 9.95. The lowest BCUT2D eigenvalue weighted by molar-refractivity contribution is -0.139. The number of urea groups is 1. The summed E-state index contributed by atoms with van der Waals surface area (Å²) >= 11 is 0. The number of nitrogens with zero attached hydrogens (tertiary/aromatic N) is 3. The van der Waals surface area contributed by atoms with Crippen LogP contribution in [0, 0.1) is 0 Å². The largest absolute Gasteiger partial charge is 0.464 e. The molecule has 2 aromatic rings. The minimum atomic E-state index is -0.896. The van der Waals surface area contributed by atoms with E-state index in [1.807, 2.05) is 0 Å². The quantitative estimate of drug-likeness (QED) is 0.466. The van der Waals surface area contributed by atoms with Gasteiger partial charge in [-0.3, -0.25) is 0 Å². The molecule has 0 spiro atoms. The van der Waals surface area contributed by atoms with E-state index >= 15 is 0 Å². The minimum absolute atomic E-state index is 0.105. The number of carbonyl (C=O) groups excluding carboxylic acids is 4. The Morgan fingerprint density at radius 3 is 2.38 bits per heavy atom. The highest BCUT2D eigenvalue weighted by Crippen LogP contribution is 2.28. The first-order valence-electron chi connectivity index (χ1n) is 9.53. The van der Waals surface area contributed by atoms with E-state index in [0.29, 0.717) is 5.56 Å². The van der Waals surface area contributed by atoms with Gasteiger partial charge in [-0.25, -0.2) is 23.9 Å². The maximum Gasteiger partial charge on any atom is 0.361 e. The van der Waals surface area contributed by atoms with E-state index in [1.165, 1.54) is 0 Å². The maximum absolute atomic E-state index is 12.8. The van der Waals surface area contributed by atoms with Gasteiger partial charge in [-0.1, -0.05) is 35.5 Å². The molecule has 12 nitrogen and oxygen atoms in total. The third-order valence-corrected chi connectivity index (χ3v) is 4.58. The van der Waals surface area contributed by atoms with Crippen LogP contribution in [0.2, 0.25) is 0 Å². The maximum atomic E-state index is 12.8. The lowest BCUT2D eigenvalue weighted by Crippen LogP contribution is -2.47. The van der Waals surface area contributed by atoms with Gasteiger partial charge in [0.05, 0.1) is 44.7 Å². The van der Waals surface area contributed by atoms with Gasteiger partial charge in [-0.15, -0.1) is 5.10 Å². The fourth-order valence-corrected chi connectivity index (χ4v) is 3.19. The smallest absolute Gasteiger partial charge is 0.361 e. The number of methoxy groups -OCH3 is 2. The molecule has 2 N–H and O–H groups in total. The summed E-state index contributed by atoms with van der Waals surface area (Å²) in [5.41, 5.74) is 0.220. The molecular weight excluding hydrogens is 422 g/mol. The average molecular weight is 443 g/mol. The summed E-state index contributed by atoms with van der Waals surface area (Å²) in [6, 6.07) is 7.44. The molecule has 168 valence electrons. The van der Waals surface area contributed by atoms with E-state index in [9.17, 15) is 19.2 Å². The molecule has 0 bridgehead atoms. The van der Waals surface area contributed by atoms with Gasteiger partial charge < -0.3 is 24.8 Å².